The Bertz CT molecular complexity index is 809. The Hall–Kier alpha value is -1.54. The Kier molecular flexibility index (Phi) is 5.68. The molecule has 4 atom stereocenters. The molecule has 4 rings (SSSR count). The van der Waals surface area contributed by atoms with E-state index in [0.717, 1.165) is 0 Å². The van der Waals surface area contributed by atoms with Gasteiger partial charge in [0, 0.05) is 0 Å². The summed E-state index contributed by atoms with van der Waals surface area (Å²) in [6, 6.07) is 20.9. The predicted molar refractivity (Wildman–Crippen MR) is 118 cm³/mol. The summed E-state index contributed by atoms with van der Waals surface area (Å²) in [5.74, 6) is -0.750. The Balaban J connectivity index is 1.65. The van der Waals surface area contributed by atoms with Crippen LogP contribution >= 0.6 is 0 Å². The number of fused-ring (bicyclic) bond motifs is 1. The molecule has 0 aromatic heterocycles. The van der Waals surface area contributed by atoms with E-state index in [1.165, 1.54) is 10.4 Å². The quantitative estimate of drug-likeness (QED) is 0.742. The van der Waals surface area contributed by atoms with Crippen LogP contribution in [0.3, 0.4) is 0 Å². The molecule has 2 unspecified atom stereocenters. The number of rotatable bonds is 5. The van der Waals surface area contributed by atoms with E-state index in [9.17, 15) is 5.11 Å². The van der Waals surface area contributed by atoms with Gasteiger partial charge in [-0.3, -0.25) is 0 Å². The SMILES string of the molecule is CC1(C)OC2O[C@H](CO[Si](c3ccccc3)(c3ccccc3)C(C)(C)C)[C@H](O)C2O1. The van der Waals surface area contributed by atoms with Crippen molar-refractivity contribution in [2.75, 3.05) is 6.61 Å². The van der Waals surface area contributed by atoms with Gasteiger partial charge >= 0.3 is 0 Å². The van der Waals surface area contributed by atoms with E-state index in [4.69, 9.17) is 18.6 Å². The summed E-state index contributed by atoms with van der Waals surface area (Å²) in [6.07, 6.45) is -2.36. The highest BCUT2D eigenvalue weighted by atomic mass is 28.4. The van der Waals surface area contributed by atoms with Crippen LogP contribution in [0.4, 0.5) is 0 Å². The second-order valence-corrected chi connectivity index (χ2v) is 13.9. The van der Waals surface area contributed by atoms with E-state index in [1.807, 2.05) is 26.0 Å². The summed E-state index contributed by atoms with van der Waals surface area (Å²) in [4.78, 5) is 0. The third-order valence-corrected chi connectivity index (χ3v) is 11.0. The van der Waals surface area contributed by atoms with Crippen molar-refractivity contribution in [2.24, 2.45) is 0 Å². The number of hydrogen-bond donors (Lipinski definition) is 1. The second-order valence-electron chi connectivity index (χ2n) is 9.61. The Morgan fingerprint density at radius 2 is 1.47 bits per heavy atom. The van der Waals surface area contributed by atoms with Crippen LogP contribution in [0.1, 0.15) is 34.6 Å². The van der Waals surface area contributed by atoms with Crippen LogP contribution in [0.5, 0.6) is 0 Å². The largest absolute Gasteiger partial charge is 0.405 e. The molecule has 2 fully saturated rings. The topological polar surface area (TPSA) is 57.2 Å². The zero-order valence-electron chi connectivity index (χ0n) is 18.4. The van der Waals surface area contributed by atoms with Crippen LogP contribution < -0.4 is 10.4 Å². The molecule has 2 aromatic carbocycles. The van der Waals surface area contributed by atoms with Gasteiger partial charge in [-0.25, -0.2) is 0 Å². The molecular weight excluding hydrogens is 396 g/mol. The maximum atomic E-state index is 10.8. The molecular formula is C24H32O5Si. The molecule has 2 aliphatic rings. The highest BCUT2D eigenvalue weighted by molar-refractivity contribution is 6.99. The van der Waals surface area contributed by atoms with Crippen LogP contribution in [0.2, 0.25) is 5.04 Å². The van der Waals surface area contributed by atoms with Crippen LogP contribution in [0, 0.1) is 0 Å². The lowest BCUT2D eigenvalue weighted by Crippen LogP contribution is -2.67. The summed E-state index contributed by atoms with van der Waals surface area (Å²) >= 11 is 0. The van der Waals surface area contributed by atoms with Crippen LogP contribution in [-0.4, -0.2) is 50.4 Å². The number of hydrogen-bond acceptors (Lipinski definition) is 5. The highest BCUT2D eigenvalue weighted by Gasteiger charge is 2.56. The van der Waals surface area contributed by atoms with Gasteiger partial charge in [-0.15, -0.1) is 0 Å². The summed E-state index contributed by atoms with van der Waals surface area (Å²) in [7, 11) is -2.68. The number of aliphatic hydroxyl groups excluding tert-OH is 1. The number of ether oxygens (including phenoxy) is 3. The maximum absolute atomic E-state index is 10.8. The van der Waals surface area contributed by atoms with E-state index in [-0.39, 0.29) is 11.6 Å². The first-order chi connectivity index (χ1) is 14.1. The van der Waals surface area contributed by atoms with Crippen molar-refractivity contribution in [1.82, 2.24) is 0 Å². The molecule has 2 heterocycles. The number of benzene rings is 2. The highest BCUT2D eigenvalue weighted by Crippen LogP contribution is 2.40. The van der Waals surface area contributed by atoms with Crippen LogP contribution in [0.15, 0.2) is 60.7 Å². The normalized spacial score (nSPS) is 28.5. The Morgan fingerprint density at radius 3 is 1.93 bits per heavy atom. The Morgan fingerprint density at radius 1 is 0.933 bits per heavy atom. The summed E-state index contributed by atoms with van der Waals surface area (Å²) < 4.78 is 24.5. The Labute approximate surface area is 180 Å². The smallest absolute Gasteiger partial charge is 0.261 e. The van der Waals surface area contributed by atoms with Crippen molar-refractivity contribution in [3.8, 4) is 0 Å². The first-order valence-electron chi connectivity index (χ1n) is 10.6. The van der Waals surface area contributed by atoms with Gasteiger partial charge in [0.2, 0.25) is 0 Å². The molecule has 0 aliphatic carbocycles. The van der Waals surface area contributed by atoms with Gasteiger partial charge < -0.3 is 23.7 Å². The predicted octanol–water partition coefficient (Wildman–Crippen LogP) is 2.80. The van der Waals surface area contributed by atoms with Crippen LogP contribution in [0.25, 0.3) is 0 Å². The third-order valence-electron chi connectivity index (χ3n) is 6.00. The minimum absolute atomic E-state index is 0.135. The molecule has 2 saturated heterocycles. The average molecular weight is 429 g/mol. The third kappa shape index (κ3) is 3.77. The summed E-state index contributed by atoms with van der Waals surface area (Å²) in [6.45, 7) is 10.6. The molecule has 6 heteroatoms. The fourth-order valence-corrected chi connectivity index (χ4v) is 9.23. The van der Waals surface area contributed by atoms with E-state index in [2.05, 4.69) is 69.3 Å². The zero-order chi connectivity index (χ0) is 21.6. The average Bonchev–Trinajstić information content (AvgIpc) is 3.15. The van der Waals surface area contributed by atoms with E-state index in [0.29, 0.717) is 0 Å². The fraction of sp³-hybridized carbons (Fsp3) is 0.500. The van der Waals surface area contributed by atoms with Crippen LogP contribution in [-0.2, 0) is 18.6 Å². The van der Waals surface area contributed by atoms with Crippen molar-refractivity contribution in [3.63, 3.8) is 0 Å². The molecule has 2 aromatic rings. The van der Waals surface area contributed by atoms with E-state index in [1.54, 1.807) is 0 Å². The van der Waals surface area contributed by atoms with Crippen molar-refractivity contribution in [2.45, 2.75) is 70.0 Å². The van der Waals surface area contributed by atoms with E-state index < -0.39 is 38.7 Å². The number of aliphatic hydroxyl groups is 1. The van der Waals surface area contributed by atoms with Gasteiger partial charge in [0.15, 0.2) is 12.1 Å². The summed E-state index contributed by atoms with van der Waals surface area (Å²) in [5.41, 5.74) is 0. The molecule has 0 amide bonds. The molecule has 0 radical (unpaired) electrons. The first kappa shape index (κ1) is 21.7. The molecule has 0 spiro atoms. The molecule has 2 aliphatic heterocycles. The molecule has 1 N–H and O–H groups in total. The molecule has 162 valence electrons. The maximum Gasteiger partial charge on any atom is 0.261 e. The van der Waals surface area contributed by atoms with Gasteiger partial charge in [-0.2, -0.15) is 0 Å². The lowest BCUT2D eigenvalue weighted by atomic mass is 10.1. The monoisotopic (exact) mass is 428 g/mol. The summed E-state index contributed by atoms with van der Waals surface area (Å²) in [5, 5.41) is 13.1. The van der Waals surface area contributed by atoms with Gasteiger partial charge in [-0.1, -0.05) is 81.4 Å². The standard InChI is InChI=1S/C24H32O5Si/c1-23(2,3)30(17-12-8-6-9-13-17,18-14-10-7-11-15-18)26-16-19-20(25)21-22(27-19)29-24(4,5)28-21/h6-15,19-22,25H,16H2,1-5H3/t19-,20+,21?,22?/m1/s1. The zero-order valence-corrected chi connectivity index (χ0v) is 19.4. The molecule has 5 nitrogen and oxygen atoms in total. The molecule has 0 bridgehead atoms. The molecule has 0 saturated carbocycles. The first-order valence-corrected chi connectivity index (χ1v) is 12.5. The van der Waals surface area contributed by atoms with Crippen molar-refractivity contribution >= 4 is 18.7 Å². The van der Waals surface area contributed by atoms with Crippen molar-refractivity contribution < 1.29 is 23.7 Å². The van der Waals surface area contributed by atoms with Crippen molar-refractivity contribution in [3.05, 3.63) is 60.7 Å². The van der Waals surface area contributed by atoms with Crippen molar-refractivity contribution in [1.29, 1.82) is 0 Å². The minimum atomic E-state index is -2.68. The lowest BCUT2D eigenvalue weighted by Gasteiger charge is -2.43. The van der Waals surface area contributed by atoms with Gasteiger partial charge in [0.05, 0.1) is 6.61 Å². The molecule has 30 heavy (non-hydrogen) atoms. The van der Waals surface area contributed by atoms with Gasteiger partial charge in [0.1, 0.15) is 18.3 Å². The minimum Gasteiger partial charge on any atom is -0.405 e. The van der Waals surface area contributed by atoms with Gasteiger partial charge in [-0.05, 0) is 29.3 Å². The van der Waals surface area contributed by atoms with Gasteiger partial charge in [0.25, 0.3) is 8.32 Å². The van der Waals surface area contributed by atoms with E-state index >= 15 is 0 Å². The fourth-order valence-electron chi connectivity index (χ4n) is 4.66. The second kappa shape index (κ2) is 7.86. The lowest BCUT2D eigenvalue weighted by molar-refractivity contribution is -0.217.